The van der Waals surface area contributed by atoms with Gasteiger partial charge >= 0.3 is 5.97 Å². The smallest absolute Gasteiger partial charge is 0.323 e. The van der Waals surface area contributed by atoms with E-state index < -0.39 is 11.5 Å². The van der Waals surface area contributed by atoms with Crippen molar-refractivity contribution in [2.24, 2.45) is 0 Å². The maximum Gasteiger partial charge on any atom is 0.323 e. The van der Waals surface area contributed by atoms with E-state index in [4.69, 9.17) is 0 Å². The largest absolute Gasteiger partial charge is 0.480 e. The van der Waals surface area contributed by atoms with Crippen LogP contribution in [0.1, 0.15) is 47.0 Å². The summed E-state index contributed by atoms with van der Waals surface area (Å²) in [6.07, 6.45) is 2.28. The van der Waals surface area contributed by atoms with Crippen LogP contribution in [0.2, 0.25) is 0 Å². The van der Waals surface area contributed by atoms with E-state index >= 15 is 0 Å². The predicted molar refractivity (Wildman–Crippen MR) is 86.7 cm³/mol. The summed E-state index contributed by atoms with van der Waals surface area (Å²) in [4.78, 5) is 16.5. The van der Waals surface area contributed by atoms with E-state index in [9.17, 15) is 9.90 Å². The van der Waals surface area contributed by atoms with Crippen LogP contribution < -0.4 is 5.32 Å². The number of nitrogens with one attached hydrogen (secondary N) is 1. The van der Waals surface area contributed by atoms with Crippen LogP contribution in [0, 0.1) is 0 Å². The van der Waals surface area contributed by atoms with Gasteiger partial charge in [0, 0.05) is 32.2 Å². The number of rotatable bonds is 9. The van der Waals surface area contributed by atoms with Crippen molar-refractivity contribution in [2.75, 3.05) is 39.3 Å². The molecule has 0 amide bonds. The number of aliphatic carboxylic acids is 1. The molecule has 1 fully saturated rings. The molecule has 1 aliphatic heterocycles. The van der Waals surface area contributed by atoms with Crippen LogP contribution in [-0.4, -0.2) is 71.7 Å². The van der Waals surface area contributed by atoms with Crippen LogP contribution in [0.3, 0.4) is 0 Å². The van der Waals surface area contributed by atoms with E-state index in [2.05, 4.69) is 29.0 Å². The van der Waals surface area contributed by atoms with E-state index in [0.29, 0.717) is 25.4 Å². The van der Waals surface area contributed by atoms with Crippen LogP contribution >= 0.6 is 0 Å². The average molecular weight is 299 g/mol. The van der Waals surface area contributed by atoms with Gasteiger partial charge in [0.25, 0.3) is 0 Å². The molecule has 0 aromatic heterocycles. The standard InChI is InChI=1S/C16H33N3O2/c1-5-16(15(20)21,17-6-2)8-7-9-18-10-12-19(13-11-18)14(3)4/h14,17H,5-13H2,1-4H3,(H,20,21). The second-order valence-corrected chi connectivity index (χ2v) is 6.35. The van der Waals surface area contributed by atoms with E-state index in [1.807, 2.05) is 13.8 Å². The predicted octanol–water partition coefficient (Wildman–Crippen LogP) is 1.64. The lowest BCUT2D eigenvalue weighted by Gasteiger charge is -2.37. The Labute approximate surface area is 129 Å². The van der Waals surface area contributed by atoms with E-state index in [0.717, 1.165) is 39.1 Å². The van der Waals surface area contributed by atoms with Crippen LogP contribution in [0.15, 0.2) is 0 Å². The summed E-state index contributed by atoms with van der Waals surface area (Å²) in [6, 6.07) is 0.626. The van der Waals surface area contributed by atoms with Gasteiger partial charge in [0.15, 0.2) is 0 Å². The highest BCUT2D eigenvalue weighted by Crippen LogP contribution is 2.19. The fourth-order valence-corrected chi connectivity index (χ4v) is 3.17. The molecule has 0 aromatic carbocycles. The summed E-state index contributed by atoms with van der Waals surface area (Å²) in [5.74, 6) is -0.712. The Morgan fingerprint density at radius 3 is 2.29 bits per heavy atom. The number of carbonyl (C=O) groups is 1. The second-order valence-electron chi connectivity index (χ2n) is 6.35. The molecule has 1 atom stereocenters. The van der Waals surface area contributed by atoms with Gasteiger partial charge in [-0.1, -0.05) is 13.8 Å². The lowest BCUT2D eigenvalue weighted by atomic mass is 9.90. The molecule has 0 spiro atoms. The Hall–Kier alpha value is -0.650. The van der Waals surface area contributed by atoms with Crippen LogP contribution in [0.5, 0.6) is 0 Å². The first-order valence-electron chi connectivity index (χ1n) is 8.40. The quantitative estimate of drug-likeness (QED) is 0.678. The molecular weight excluding hydrogens is 266 g/mol. The maximum atomic E-state index is 11.6. The van der Waals surface area contributed by atoms with E-state index in [1.54, 1.807) is 0 Å². The van der Waals surface area contributed by atoms with Gasteiger partial charge in [-0.3, -0.25) is 9.69 Å². The number of piperazine rings is 1. The minimum Gasteiger partial charge on any atom is -0.480 e. The van der Waals surface area contributed by atoms with Crippen molar-refractivity contribution < 1.29 is 9.90 Å². The molecule has 5 heteroatoms. The molecule has 0 saturated carbocycles. The third-order valence-corrected chi connectivity index (χ3v) is 4.74. The third-order valence-electron chi connectivity index (χ3n) is 4.74. The first-order valence-corrected chi connectivity index (χ1v) is 8.40. The fraction of sp³-hybridized carbons (Fsp3) is 0.938. The molecule has 0 aromatic rings. The van der Waals surface area contributed by atoms with Crippen molar-refractivity contribution in [3.8, 4) is 0 Å². The number of likely N-dealkylation sites (N-methyl/N-ethyl adjacent to an activating group) is 1. The molecule has 0 radical (unpaired) electrons. The van der Waals surface area contributed by atoms with E-state index in [1.165, 1.54) is 0 Å². The summed E-state index contributed by atoms with van der Waals surface area (Å²) in [5.41, 5.74) is -0.742. The lowest BCUT2D eigenvalue weighted by molar-refractivity contribution is -0.145. The van der Waals surface area contributed by atoms with Gasteiger partial charge in [-0.25, -0.2) is 0 Å². The number of carboxylic acids is 1. The Bertz CT molecular complexity index is 315. The summed E-state index contributed by atoms with van der Waals surface area (Å²) in [6.45, 7) is 14.6. The van der Waals surface area contributed by atoms with Gasteiger partial charge in [-0.2, -0.15) is 0 Å². The number of hydrogen-bond donors (Lipinski definition) is 2. The fourth-order valence-electron chi connectivity index (χ4n) is 3.17. The van der Waals surface area contributed by atoms with Crippen molar-refractivity contribution in [2.45, 2.75) is 58.5 Å². The van der Waals surface area contributed by atoms with Crippen molar-refractivity contribution in [1.82, 2.24) is 15.1 Å². The van der Waals surface area contributed by atoms with Crippen LogP contribution in [0.25, 0.3) is 0 Å². The minimum atomic E-state index is -0.742. The number of nitrogens with zero attached hydrogens (tertiary/aromatic N) is 2. The highest BCUT2D eigenvalue weighted by Gasteiger charge is 2.35. The van der Waals surface area contributed by atoms with Gasteiger partial charge in [0.1, 0.15) is 5.54 Å². The maximum absolute atomic E-state index is 11.6. The van der Waals surface area contributed by atoms with Crippen LogP contribution in [-0.2, 0) is 4.79 Å². The molecule has 1 saturated heterocycles. The Morgan fingerprint density at radius 2 is 1.86 bits per heavy atom. The normalized spacial score (nSPS) is 20.6. The van der Waals surface area contributed by atoms with Gasteiger partial charge in [-0.15, -0.1) is 0 Å². The molecule has 1 heterocycles. The molecule has 0 bridgehead atoms. The van der Waals surface area contributed by atoms with Crippen molar-refractivity contribution >= 4 is 5.97 Å². The average Bonchev–Trinajstić information content (AvgIpc) is 2.46. The van der Waals surface area contributed by atoms with Gasteiger partial charge in [0.2, 0.25) is 0 Å². The molecule has 2 N–H and O–H groups in total. The zero-order valence-corrected chi connectivity index (χ0v) is 14.2. The summed E-state index contributed by atoms with van der Waals surface area (Å²) >= 11 is 0. The molecule has 124 valence electrons. The van der Waals surface area contributed by atoms with E-state index in [-0.39, 0.29) is 0 Å². The number of carboxylic acid groups (broad SMARTS) is 1. The highest BCUT2D eigenvalue weighted by molar-refractivity contribution is 5.78. The topological polar surface area (TPSA) is 55.8 Å². The lowest BCUT2D eigenvalue weighted by Crippen LogP contribution is -2.52. The second kappa shape index (κ2) is 8.71. The first kappa shape index (κ1) is 18.4. The molecule has 5 nitrogen and oxygen atoms in total. The number of hydrogen-bond acceptors (Lipinski definition) is 4. The molecule has 1 aliphatic rings. The minimum absolute atomic E-state index is 0.626. The van der Waals surface area contributed by atoms with Crippen LogP contribution in [0.4, 0.5) is 0 Å². The third kappa shape index (κ3) is 5.24. The SMILES string of the molecule is CCNC(CC)(CCCN1CCN(C(C)C)CC1)C(=O)O. The zero-order valence-electron chi connectivity index (χ0n) is 14.2. The Kier molecular flexibility index (Phi) is 7.63. The van der Waals surface area contributed by atoms with Gasteiger partial charge in [-0.05, 0) is 46.2 Å². The summed E-state index contributed by atoms with van der Waals surface area (Å²) < 4.78 is 0. The Balaban J connectivity index is 2.37. The molecule has 1 rings (SSSR count). The summed E-state index contributed by atoms with van der Waals surface area (Å²) in [7, 11) is 0. The zero-order chi connectivity index (χ0) is 15.9. The first-order chi connectivity index (χ1) is 9.95. The van der Waals surface area contributed by atoms with Gasteiger partial charge in [0.05, 0.1) is 0 Å². The summed E-state index contributed by atoms with van der Waals surface area (Å²) in [5, 5.41) is 12.7. The Morgan fingerprint density at radius 1 is 1.24 bits per heavy atom. The molecule has 1 unspecified atom stereocenters. The molecule has 21 heavy (non-hydrogen) atoms. The van der Waals surface area contributed by atoms with Gasteiger partial charge < -0.3 is 15.3 Å². The van der Waals surface area contributed by atoms with Crippen molar-refractivity contribution in [3.05, 3.63) is 0 Å². The molecule has 0 aliphatic carbocycles. The highest BCUT2D eigenvalue weighted by atomic mass is 16.4. The van der Waals surface area contributed by atoms with Crippen molar-refractivity contribution in [3.63, 3.8) is 0 Å². The monoisotopic (exact) mass is 299 g/mol. The molecular formula is C16H33N3O2. The van der Waals surface area contributed by atoms with Crippen molar-refractivity contribution in [1.29, 1.82) is 0 Å².